The molecule has 0 aliphatic carbocycles. The van der Waals surface area contributed by atoms with Crippen molar-refractivity contribution in [3.05, 3.63) is 96.6 Å². The van der Waals surface area contributed by atoms with Crippen molar-refractivity contribution >= 4 is 16.0 Å². The Morgan fingerprint density at radius 3 is 2.31 bits per heavy atom. The van der Waals surface area contributed by atoms with Gasteiger partial charge in [-0.25, -0.2) is 13.4 Å². The molecule has 0 amide bonds. The third kappa shape index (κ3) is 5.74. The molecule has 1 aliphatic rings. The molecule has 5 rings (SSSR count). The Balaban J connectivity index is 1.31. The fourth-order valence-electron chi connectivity index (χ4n) is 4.47. The van der Waals surface area contributed by atoms with E-state index in [2.05, 4.69) is 4.98 Å². The van der Waals surface area contributed by atoms with Crippen LogP contribution in [0.5, 0.6) is 23.0 Å². The number of benzene rings is 3. The van der Waals surface area contributed by atoms with Crippen molar-refractivity contribution in [1.82, 2.24) is 13.9 Å². The number of carbonyl (C=O) groups is 1. The minimum Gasteiger partial charge on any atom is -0.497 e. The monoisotopic (exact) mass is 549 g/mol. The summed E-state index contributed by atoms with van der Waals surface area (Å²) < 4.78 is 46.8. The molecule has 0 bridgehead atoms. The van der Waals surface area contributed by atoms with E-state index >= 15 is 0 Å². The van der Waals surface area contributed by atoms with Gasteiger partial charge in [-0.05, 0) is 78.2 Å². The smallest absolute Gasteiger partial charge is 0.326 e. The first-order valence-electron chi connectivity index (χ1n) is 12.2. The number of methoxy groups -OCH3 is 1. The maximum atomic E-state index is 13.5. The van der Waals surface area contributed by atoms with Crippen LogP contribution in [0.1, 0.15) is 17.2 Å². The van der Waals surface area contributed by atoms with Crippen molar-refractivity contribution in [1.29, 1.82) is 0 Å². The number of rotatable bonds is 10. The first kappa shape index (κ1) is 26.3. The maximum absolute atomic E-state index is 13.5. The highest BCUT2D eigenvalue weighted by molar-refractivity contribution is 7.89. The first-order valence-corrected chi connectivity index (χ1v) is 13.7. The second kappa shape index (κ2) is 11.2. The molecule has 10 nitrogen and oxygen atoms in total. The standard InChI is InChI=1S/C28H27N3O7S/c1-36-21-2-4-22(5-3-21)38-23-6-9-25(10-7-23)39(34,35)31-14-12-20-18-24(8-11-26(20)27(31)28(32)33)37-17-16-30-15-13-29-19-30/h2-11,13,15,18-19,27H,12,14,16-17H2,1H3,(H,32,33). The Bertz CT molecular complexity index is 1540. The Morgan fingerprint density at radius 2 is 1.67 bits per heavy atom. The largest absolute Gasteiger partial charge is 0.497 e. The summed E-state index contributed by atoms with van der Waals surface area (Å²) in [5.41, 5.74) is 1.18. The minimum absolute atomic E-state index is 0.0151. The molecule has 11 heteroatoms. The van der Waals surface area contributed by atoms with Gasteiger partial charge < -0.3 is 23.9 Å². The van der Waals surface area contributed by atoms with Gasteiger partial charge in [0.2, 0.25) is 10.0 Å². The van der Waals surface area contributed by atoms with Gasteiger partial charge in [0.1, 0.15) is 35.6 Å². The van der Waals surface area contributed by atoms with Gasteiger partial charge in [-0.2, -0.15) is 4.31 Å². The lowest BCUT2D eigenvalue weighted by Crippen LogP contribution is -2.43. The number of hydrogen-bond acceptors (Lipinski definition) is 7. The molecule has 1 aliphatic heterocycles. The van der Waals surface area contributed by atoms with E-state index in [1.165, 1.54) is 24.3 Å². The molecule has 1 atom stereocenters. The van der Waals surface area contributed by atoms with Gasteiger partial charge >= 0.3 is 5.97 Å². The van der Waals surface area contributed by atoms with E-state index in [0.717, 1.165) is 9.87 Å². The van der Waals surface area contributed by atoms with Gasteiger partial charge in [-0.15, -0.1) is 0 Å². The molecule has 0 spiro atoms. The lowest BCUT2D eigenvalue weighted by Gasteiger charge is -2.34. The van der Waals surface area contributed by atoms with Gasteiger partial charge in [0.05, 0.1) is 24.9 Å². The number of fused-ring (bicyclic) bond motifs is 1. The molecule has 1 N–H and O–H groups in total. The van der Waals surface area contributed by atoms with Gasteiger partial charge in [0.25, 0.3) is 0 Å². The summed E-state index contributed by atoms with van der Waals surface area (Å²) in [6, 6.07) is 16.6. The summed E-state index contributed by atoms with van der Waals surface area (Å²) in [5, 5.41) is 10.1. The third-order valence-corrected chi connectivity index (χ3v) is 8.31. The zero-order valence-electron chi connectivity index (χ0n) is 21.1. The Labute approximate surface area is 226 Å². The van der Waals surface area contributed by atoms with Gasteiger partial charge in [-0.3, -0.25) is 4.79 Å². The van der Waals surface area contributed by atoms with E-state index < -0.39 is 22.0 Å². The summed E-state index contributed by atoms with van der Waals surface area (Å²) in [5.74, 6) is 1.05. The highest BCUT2D eigenvalue weighted by Crippen LogP contribution is 2.36. The van der Waals surface area contributed by atoms with Crippen LogP contribution in [-0.2, 0) is 27.8 Å². The molecule has 4 aromatic rings. The SMILES string of the molecule is COc1ccc(Oc2ccc(S(=O)(=O)N3CCc4cc(OCCn5ccnc5)ccc4C3C(=O)O)cc2)cc1. The minimum atomic E-state index is -4.11. The lowest BCUT2D eigenvalue weighted by molar-refractivity contribution is -0.142. The molecular formula is C28H27N3O7S. The molecule has 0 saturated heterocycles. The number of aliphatic carboxylic acids is 1. The first-order chi connectivity index (χ1) is 18.8. The van der Waals surface area contributed by atoms with Gasteiger partial charge in [0.15, 0.2) is 0 Å². The second-order valence-corrected chi connectivity index (χ2v) is 10.8. The Morgan fingerprint density at radius 1 is 1.00 bits per heavy atom. The average Bonchev–Trinajstić information content (AvgIpc) is 3.46. The highest BCUT2D eigenvalue weighted by Gasteiger charge is 2.40. The predicted molar refractivity (Wildman–Crippen MR) is 142 cm³/mol. The molecule has 0 saturated carbocycles. The van der Waals surface area contributed by atoms with E-state index in [1.54, 1.807) is 62.1 Å². The van der Waals surface area contributed by atoms with E-state index in [9.17, 15) is 18.3 Å². The fraction of sp³-hybridized carbons (Fsp3) is 0.214. The predicted octanol–water partition coefficient (Wildman–Crippen LogP) is 4.14. The van der Waals surface area contributed by atoms with Crippen LogP contribution in [0.3, 0.4) is 0 Å². The van der Waals surface area contributed by atoms with Crippen molar-refractivity contribution in [2.45, 2.75) is 23.9 Å². The van der Waals surface area contributed by atoms with E-state index in [1.807, 2.05) is 10.8 Å². The van der Waals surface area contributed by atoms with Crippen molar-refractivity contribution in [3.8, 4) is 23.0 Å². The van der Waals surface area contributed by atoms with Crippen LogP contribution in [0.15, 0.2) is 90.3 Å². The number of carboxylic acids is 1. The summed E-state index contributed by atoms with van der Waals surface area (Å²) >= 11 is 0. The van der Waals surface area contributed by atoms with Crippen molar-refractivity contribution in [2.24, 2.45) is 0 Å². The molecule has 2 heterocycles. The van der Waals surface area contributed by atoms with Crippen molar-refractivity contribution in [3.63, 3.8) is 0 Å². The number of imidazole rings is 1. The van der Waals surface area contributed by atoms with Gasteiger partial charge in [0, 0.05) is 18.9 Å². The van der Waals surface area contributed by atoms with E-state index in [4.69, 9.17) is 14.2 Å². The maximum Gasteiger partial charge on any atom is 0.326 e. The number of nitrogens with zero attached hydrogens (tertiary/aromatic N) is 3. The topological polar surface area (TPSA) is 120 Å². The quantitative estimate of drug-likeness (QED) is 0.314. The van der Waals surface area contributed by atoms with Crippen LogP contribution in [0.25, 0.3) is 0 Å². The lowest BCUT2D eigenvalue weighted by atomic mass is 9.94. The molecule has 202 valence electrons. The number of hydrogen-bond donors (Lipinski definition) is 1. The van der Waals surface area contributed by atoms with Crippen LogP contribution >= 0.6 is 0 Å². The summed E-state index contributed by atoms with van der Waals surface area (Å²) in [6.45, 7) is 1.05. The number of ether oxygens (including phenoxy) is 3. The van der Waals surface area contributed by atoms with E-state index in [-0.39, 0.29) is 11.4 Å². The molecule has 0 radical (unpaired) electrons. The zero-order valence-corrected chi connectivity index (χ0v) is 22.0. The molecule has 0 fully saturated rings. The molecule has 1 aromatic heterocycles. The van der Waals surface area contributed by atoms with Crippen LogP contribution in [0.2, 0.25) is 0 Å². The summed E-state index contributed by atoms with van der Waals surface area (Å²) in [7, 11) is -2.53. The summed E-state index contributed by atoms with van der Waals surface area (Å²) in [4.78, 5) is 16.3. The van der Waals surface area contributed by atoms with Crippen LogP contribution in [0.4, 0.5) is 0 Å². The number of carboxylic acid groups (broad SMARTS) is 1. The molecule has 1 unspecified atom stereocenters. The van der Waals surface area contributed by atoms with Crippen molar-refractivity contribution in [2.75, 3.05) is 20.3 Å². The highest BCUT2D eigenvalue weighted by atomic mass is 32.2. The molecule has 3 aromatic carbocycles. The Kier molecular flexibility index (Phi) is 7.53. The van der Waals surface area contributed by atoms with Gasteiger partial charge in [-0.1, -0.05) is 6.07 Å². The second-order valence-electron chi connectivity index (χ2n) is 8.87. The average molecular weight is 550 g/mol. The van der Waals surface area contributed by atoms with Crippen LogP contribution in [-0.4, -0.2) is 53.6 Å². The number of sulfonamides is 1. The normalized spacial score (nSPS) is 15.4. The molecule has 39 heavy (non-hydrogen) atoms. The summed E-state index contributed by atoms with van der Waals surface area (Å²) in [6.07, 6.45) is 5.58. The van der Waals surface area contributed by atoms with Crippen LogP contribution < -0.4 is 14.2 Å². The zero-order chi connectivity index (χ0) is 27.4. The third-order valence-electron chi connectivity index (χ3n) is 6.44. The molecular weight excluding hydrogens is 522 g/mol. The fourth-order valence-corrected chi connectivity index (χ4v) is 6.03. The van der Waals surface area contributed by atoms with Crippen LogP contribution in [0, 0.1) is 0 Å². The Hall–Kier alpha value is -4.35. The van der Waals surface area contributed by atoms with E-state index in [0.29, 0.717) is 48.1 Å². The van der Waals surface area contributed by atoms with Crippen molar-refractivity contribution < 1.29 is 32.5 Å². The number of aromatic nitrogens is 2.